The van der Waals surface area contributed by atoms with Gasteiger partial charge in [-0.3, -0.25) is 4.79 Å². The Balaban J connectivity index is 4.15. The van der Waals surface area contributed by atoms with Crippen LogP contribution in [0.5, 0.6) is 0 Å². The molecule has 0 radical (unpaired) electrons. The first kappa shape index (κ1) is 10.9. The Morgan fingerprint density at radius 1 is 1.67 bits per heavy atom. The SMILES string of the molecule is COC(C)(C)C(=O)N[C@@H](C)C#N. The smallest absolute Gasteiger partial charge is 0.252 e. The van der Waals surface area contributed by atoms with Crippen molar-refractivity contribution in [3.05, 3.63) is 0 Å². The second-order valence-electron chi connectivity index (χ2n) is 3.04. The first-order valence-corrected chi connectivity index (χ1v) is 3.69. The highest BCUT2D eigenvalue weighted by atomic mass is 16.5. The van der Waals surface area contributed by atoms with E-state index in [-0.39, 0.29) is 5.91 Å². The van der Waals surface area contributed by atoms with E-state index in [2.05, 4.69) is 5.32 Å². The van der Waals surface area contributed by atoms with Crippen molar-refractivity contribution in [2.24, 2.45) is 0 Å². The molecule has 4 nitrogen and oxygen atoms in total. The zero-order valence-electron chi connectivity index (χ0n) is 7.84. The highest BCUT2D eigenvalue weighted by Crippen LogP contribution is 2.06. The topological polar surface area (TPSA) is 62.1 Å². The third kappa shape index (κ3) is 2.89. The first-order chi connectivity index (χ1) is 5.44. The largest absolute Gasteiger partial charge is 0.369 e. The molecule has 0 saturated heterocycles. The number of nitrogens with zero attached hydrogens (tertiary/aromatic N) is 1. The van der Waals surface area contributed by atoms with Crippen LogP contribution in [0.4, 0.5) is 0 Å². The lowest BCUT2D eigenvalue weighted by Crippen LogP contribution is -2.46. The Hall–Kier alpha value is -1.08. The van der Waals surface area contributed by atoms with Gasteiger partial charge in [-0.2, -0.15) is 5.26 Å². The normalized spacial score (nSPS) is 13.2. The number of methoxy groups -OCH3 is 1. The minimum Gasteiger partial charge on any atom is -0.369 e. The van der Waals surface area contributed by atoms with Crippen molar-refractivity contribution in [1.29, 1.82) is 5.26 Å². The maximum absolute atomic E-state index is 11.3. The minimum atomic E-state index is -0.870. The summed E-state index contributed by atoms with van der Waals surface area (Å²) in [5, 5.41) is 10.9. The lowest BCUT2D eigenvalue weighted by Gasteiger charge is -2.22. The molecule has 0 spiro atoms. The van der Waals surface area contributed by atoms with Crippen molar-refractivity contribution < 1.29 is 9.53 Å². The van der Waals surface area contributed by atoms with E-state index >= 15 is 0 Å². The molecule has 0 aliphatic rings. The van der Waals surface area contributed by atoms with Crippen LogP contribution in [0.3, 0.4) is 0 Å². The number of carbonyl (C=O) groups excluding carboxylic acids is 1. The average Bonchev–Trinajstić information content (AvgIpc) is 2.04. The number of ether oxygens (including phenoxy) is 1. The molecule has 0 heterocycles. The predicted octanol–water partition coefficient (Wildman–Crippen LogP) is 0.440. The van der Waals surface area contributed by atoms with Gasteiger partial charge in [0.1, 0.15) is 11.6 Å². The van der Waals surface area contributed by atoms with Crippen LogP contribution >= 0.6 is 0 Å². The third-order valence-electron chi connectivity index (χ3n) is 1.60. The summed E-state index contributed by atoms with van der Waals surface area (Å²) in [7, 11) is 1.45. The van der Waals surface area contributed by atoms with Crippen LogP contribution in [0.2, 0.25) is 0 Å². The Morgan fingerprint density at radius 3 is 2.50 bits per heavy atom. The quantitative estimate of drug-likeness (QED) is 0.668. The minimum absolute atomic E-state index is 0.279. The van der Waals surface area contributed by atoms with Gasteiger partial charge in [-0.25, -0.2) is 0 Å². The van der Waals surface area contributed by atoms with Crippen molar-refractivity contribution in [1.82, 2.24) is 5.32 Å². The van der Waals surface area contributed by atoms with E-state index in [1.165, 1.54) is 7.11 Å². The van der Waals surface area contributed by atoms with Gasteiger partial charge < -0.3 is 10.1 Å². The van der Waals surface area contributed by atoms with E-state index in [4.69, 9.17) is 10.00 Å². The summed E-state index contributed by atoms with van der Waals surface area (Å²) < 4.78 is 4.92. The van der Waals surface area contributed by atoms with Crippen molar-refractivity contribution >= 4 is 5.91 Å². The molecule has 1 amide bonds. The molecule has 0 aliphatic heterocycles. The fourth-order valence-electron chi connectivity index (χ4n) is 0.495. The van der Waals surface area contributed by atoms with Crippen LogP contribution in [0.25, 0.3) is 0 Å². The van der Waals surface area contributed by atoms with Crippen LogP contribution in [-0.2, 0) is 9.53 Å². The summed E-state index contributed by atoms with van der Waals surface area (Å²) >= 11 is 0. The molecule has 0 aromatic heterocycles. The van der Waals surface area contributed by atoms with Crippen molar-refractivity contribution in [3.8, 4) is 6.07 Å². The summed E-state index contributed by atoms with van der Waals surface area (Å²) in [5.41, 5.74) is -0.870. The average molecular weight is 170 g/mol. The Bertz CT molecular complexity index is 206. The Labute approximate surface area is 72.5 Å². The van der Waals surface area contributed by atoms with Gasteiger partial charge in [0.05, 0.1) is 6.07 Å². The number of hydrogen-bond acceptors (Lipinski definition) is 3. The van der Waals surface area contributed by atoms with E-state index in [1.54, 1.807) is 20.8 Å². The summed E-state index contributed by atoms with van der Waals surface area (Å²) in [5.74, 6) is -0.279. The molecule has 0 aliphatic carbocycles. The fraction of sp³-hybridized carbons (Fsp3) is 0.750. The molecule has 0 rings (SSSR count). The first-order valence-electron chi connectivity index (χ1n) is 3.69. The van der Waals surface area contributed by atoms with Crippen LogP contribution in [0.1, 0.15) is 20.8 Å². The number of nitriles is 1. The molecular weight excluding hydrogens is 156 g/mol. The van der Waals surface area contributed by atoms with Crippen LogP contribution < -0.4 is 5.32 Å². The molecule has 12 heavy (non-hydrogen) atoms. The Morgan fingerprint density at radius 2 is 2.17 bits per heavy atom. The lowest BCUT2D eigenvalue weighted by molar-refractivity contribution is -0.139. The zero-order valence-corrected chi connectivity index (χ0v) is 7.84. The summed E-state index contributed by atoms with van der Waals surface area (Å²) in [6.45, 7) is 4.91. The monoisotopic (exact) mass is 170 g/mol. The standard InChI is InChI=1S/C8H14N2O2/c1-6(5-9)10-7(11)8(2,3)12-4/h6H,1-4H3,(H,10,11)/t6-/m0/s1. The lowest BCUT2D eigenvalue weighted by atomic mass is 10.1. The van der Waals surface area contributed by atoms with Gasteiger partial charge in [0.25, 0.3) is 5.91 Å². The number of hydrogen-bond donors (Lipinski definition) is 1. The van der Waals surface area contributed by atoms with E-state index in [9.17, 15) is 4.79 Å². The molecule has 1 N–H and O–H groups in total. The molecule has 0 fully saturated rings. The van der Waals surface area contributed by atoms with Crippen LogP contribution in [0.15, 0.2) is 0 Å². The van der Waals surface area contributed by atoms with Gasteiger partial charge in [0.2, 0.25) is 0 Å². The highest BCUT2D eigenvalue weighted by molar-refractivity contribution is 5.84. The number of amides is 1. The number of nitrogens with one attached hydrogen (secondary N) is 1. The van der Waals surface area contributed by atoms with Crippen LogP contribution in [-0.4, -0.2) is 24.7 Å². The van der Waals surface area contributed by atoms with Crippen molar-refractivity contribution in [2.45, 2.75) is 32.4 Å². The molecule has 0 bridgehead atoms. The van der Waals surface area contributed by atoms with Gasteiger partial charge in [0, 0.05) is 7.11 Å². The maximum Gasteiger partial charge on any atom is 0.252 e. The van der Waals surface area contributed by atoms with Crippen molar-refractivity contribution in [3.63, 3.8) is 0 Å². The van der Waals surface area contributed by atoms with Gasteiger partial charge in [0.15, 0.2) is 0 Å². The molecule has 68 valence electrons. The van der Waals surface area contributed by atoms with E-state index in [1.807, 2.05) is 6.07 Å². The Kier molecular flexibility index (Phi) is 3.71. The highest BCUT2D eigenvalue weighted by Gasteiger charge is 2.27. The summed E-state index contributed by atoms with van der Waals surface area (Å²) in [6, 6.07) is 1.42. The molecular formula is C8H14N2O2. The molecule has 0 unspecified atom stereocenters. The number of rotatable bonds is 3. The van der Waals surface area contributed by atoms with Crippen molar-refractivity contribution in [2.75, 3.05) is 7.11 Å². The second-order valence-corrected chi connectivity index (χ2v) is 3.04. The molecule has 1 atom stereocenters. The second kappa shape index (κ2) is 4.07. The molecule has 0 aromatic rings. The fourth-order valence-corrected chi connectivity index (χ4v) is 0.495. The van der Waals surface area contributed by atoms with E-state index < -0.39 is 11.6 Å². The van der Waals surface area contributed by atoms with Gasteiger partial charge >= 0.3 is 0 Å². The van der Waals surface area contributed by atoms with Gasteiger partial charge in [-0.05, 0) is 20.8 Å². The van der Waals surface area contributed by atoms with Gasteiger partial charge in [-0.15, -0.1) is 0 Å². The van der Waals surface area contributed by atoms with Gasteiger partial charge in [-0.1, -0.05) is 0 Å². The number of carbonyl (C=O) groups is 1. The summed E-state index contributed by atoms with van der Waals surface area (Å²) in [6.07, 6.45) is 0. The van der Waals surface area contributed by atoms with Crippen LogP contribution in [0, 0.1) is 11.3 Å². The maximum atomic E-state index is 11.3. The predicted molar refractivity (Wildman–Crippen MR) is 44.3 cm³/mol. The summed E-state index contributed by atoms with van der Waals surface area (Å²) in [4.78, 5) is 11.3. The zero-order chi connectivity index (χ0) is 9.78. The molecule has 0 saturated carbocycles. The molecule has 4 heteroatoms. The van der Waals surface area contributed by atoms with E-state index in [0.717, 1.165) is 0 Å². The van der Waals surface area contributed by atoms with E-state index in [0.29, 0.717) is 0 Å². The third-order valence-corrected chi connectivity index (χ3v) is 1.60. The molecule has 0 aromatic carbocycles.